The summed E-state index contributed by atoms with van der Waals surface area (Å²) in [5, 5.41) is 0.171. The van der Waals surface area contributed by atoms with Crippen molar-refractivity contribution in [3.8, 4) is 11.5 Å². The van der Waals surface area contributed by atoms with Crippen LogP contribution in [0.2, 0.25) is 5.02 Å². The monoisotopic (exact) mass is 614 g/mol. The predicted octanol–water partition coefficient (Wildman–Crippen LogP) is 11.4. The van der Waals surface area contributed by atoms with Crippen LogP contribution in [-0.4, -0.2) is 25.2 Å². The summed E-state index contributed by atoms with van der Waals surface area (Å²) >= 11 is 6.28. The Balaban J connectivity index is 1.54. The standard InChI is InChI=1S/C37H55ClO5/c1-4-6-7-8-9-10-11-12-13-14-15-16-17-18-19-20-27-41-33-24-21-31(22-25-33)37(40)43-35-26-23-32(28-34(35)38)36(39)42-29-30(3)5-2/h21-26,28,30H,4-20,27,29H2,1-3H3/t30-/m0/s1. The van der Waals surface area contributed by atoms with Crippen LogP contribution in [0.4, 0.5) is 0 Å². The molecule has 240 valence electrons. The van der Waals surface area contributed by atoms with Crippen LogP contribution in [0.15, 0.2) is 42.5 Å². The molecule has 0 bridgehead atoms. The van der Waals surface area contributed by atoms with E-state index in [1.807, 2.05) is 13.8 Å². The van der Waals surface area contributed by atoms with Crippen molar-refractivity contribution >= 4 is 23.5 Å². The average molecular weight is 615 g/mol. The van der Waals surface area contributed by atoms with Crippen molar-refractivity contribution in [2.45, 2.75) is 130 Å². The first-order valence-electron chi connectivity index (χ1n) is 16.9. The summed E-state index contributed by atoms with van der Waals surface area (Å²) in [7, 11) is 0. The molecule has 0 aliphatic carbocycles. The number of carbonyl (C=O) groups excluding carboxylic acids is 2. The molecule has 0 saturated heterocycles. The average Bonchev–Trinajstić information content (AvgIpc) is 3.02. The maximum absolute atomic E-state index is 12.6. The highest BCUT2D eigenvalue weighted by atomic mass is 35.5. The fourth-order valence-corrected chi connectivity index (χ4v) is 5.04. The summed E-state index contributed by atoms with van der Waals surface area (Å²) in [5.41, 5.74) is 0.710. The number of esters is 2. The van der Waals surface area contributed by atoms with E-state index in [0.29, 0.717) is 24.3 Å². The molecule has 0 saturated carbocycles. The Labute approximate surface area is 266 Å². The highest BCUT2D eigenvalue weighted by Crippen LogP contribution is 2.27. The summed E-state index contributed by atoms with van der Waals surface area (Å²) in [6, 6.07) is 11.4. The van der Waals surface area contributed by atoms with E-state index in [9.17, 15) is 9.59 Å². The molecular formula is C37H55ClO5. The van der Waals surface area contributed by atoms with E-state index in [1.54, 1.807) is 30.3 Å². The van der Waals surface area contributed by atoms with E-state index in [0.717, 1.165) is 18.6 Å². The smallest absolute Gasteiger partial charge is 0.343 e. The lowest BCUT2D eigenvalue weighted by atomic mass is 10.0. The molecule has 0 spiro atoms. The summed E-state index contributed by atoms with van der Waals surface area (Å²) in [6.07, 6.45) is 22.5. The Morgan fingerprint density at radius 3 is 1.70 bits per heavy atom. The molecule has 0 aliphatic rings. The molecular weight excluding hydrogens is 560 g/mol. The van der Waals surface area contributed by atoms with Crippen molar-refractivity contribution in [1.82, 2.24) is 0 Å². The topological polar surface area (TPSA) is 61.8 Å². The maximum Gasteiger partial charge on any atom is 0.343 e. The molecule has 2 rings (SSSR count). The summed E-state index contributed by atoms with van der Waals surface area (Å²) in [6.45, 7) is 7.36. The van der Waals surface area contributed by atoms with Gasteiger partial charge in [-0.2, -0.15) is 0 Å². The number of benzene rings is 2. The van der Waals surface area contributed by atoms with Gasteiger partial charge < -0.3 is 14.2 Å². The van der Waals surface area contributed by atoms with Gasteiger partial charge in [0.05, 0.1) is 29.4 Å². The second-order valence-corrected chi connectivity index (χ2v) is 12.2. The van der Waals surface area contributed by atoms with Gasteiger partial charge in [-0.05, 0) is 54.8 Å². The second-order valence-electron chi connectivity index (χ2n) is 11.8. The molecule has 1 atom stereocenters. The number of halogens is 1. The molecule has 0 heterocycles. The largest absolute Gasteiger partial charge is 0.494 e. The number of carbonyl (C=O) groups is 2. The third kappa shape index (κ3) is 16.2. The van der Waals surface area contributed by atoms with Crippen LogP contribution < -0.4 is 9.47 Å². The van der Waals surface area contributed by atoms with E-state index >= 15 is 0 Å². The molecule has 0 aromatic heterocycles. The van der Waals surface area contributed by atoms with Crippen LogP contribution in [0.5, 0.6) is 11.5 Å². The van der Waals surface area contributed by atoms with Gasteiger partial charge >= 0.3 is 11.9 Å². The third-order valence-electron chi connectivity index (χ3n) is 7.92. The zero-order valence-electron chi connectivity index (χ0n) is 27.0. The minimum Gasteiger partial charge on any atom is -0.494 e. The maximum atomic E-state index is 12.6. The van der Waals surface area contributed by atoms with E-state index in [4.69, 9.17) is 25.8 Å². The van der Waals surface area contributed by atoms with Gasteiger partial charge in [0, 0.05) is 0 Å². The zero-order chi connectivity index (χ0) is 31.1. The molecule has 0 fully saturated rings. The van der Waals surface area contributed by atoms with Crippen LogP contribution >= 0.6 is 11.6 Å². The lowest BCUT2D eigenvalue weighted by Crippen LogP contribution is -2.12. The molecule has 0 amide bonds. The fourth-order valence-electron chi connectivity index (χ4n) is 4.82. The minimum atomic E-state index is -0.529. The molecule has 2 aromatic rings. The number of unbranched alkanes of at least 4 members (excludes halogenated alkanes) is 15. The molecule has 2 aromatic carbocycles. The van der Waals surface area contributed by atoms with Crippen LogP contribution in [0, 0.1) is 5.92 Å². The van der Waals surface area contributed by atoms with Gasteiger partial charge in [-0.15, -0.1) is 0 Å². The van der Waals surface area contributed by atoms with Gasteiger partial charge in [-0.3, -0.25) is 0 Å². The van der Waals surface area contributed by atoms with Crippen molar-refractivity contribution < 1.29 is 23.8 Å². The van der Waals surface area contributed by atoms with Crippen molar-refractivity contribution in [2.75, 3.05) is 13.2 Å². The molecule has 0 N–H and O–H groups in total. The molecule has 0 unspecified atom stereocenters. The number of hydrogen-bond acceptors (Lipinski definition) is 5. The zero-order valence-corrected chi connectivity index (χ0v) is 27.7. The third-order valence-corrected chi connectivity index (χ3v) is 8.22. The van der Waals surface area contributed by atoms with Crippen molar-refractivity contribution in [3.63, 3.8) is 0 Å². The first kappa shape index (κ1) is 36.7. The number of hydrogen-bond donors (Lipinski definition) is 0. The van der Waals surface area contributed by atoms with E-state index in [2.05, 4.69) is 6.92 Å². The van der Waals surface area contributed by atoms with Crippen molar-refractivity contribution in [1.29, 1.82) is 0 Å². The minimum absolute atomic E-state index is 0.171. The normalized spacial score (nSPS) is 11.7. The van der Waals surface area contributed by atoms with Crippen LogP contribution in [-0.2, 0) is 4.74 Å². The molecule has 6 heteroatoms. The Kier molecular flexibility index (Phi) is 19.6. The summed E-state index contributed by atoms with van der Waals surface area (Å²) in [5.74, 6) is 0.230. The Morgan fingerprint density at radius 2 is 1.19 bits per heavy atom. The van der Waals surface area contributed by atoms with E-state index in [1.165, 1.54) is 108 Å². The lowest BCUT2D eigenvalue weighted by molar-refractivity contribution is 0.0447. The first-order chi connectivity index (χ1) is 20.9. The predicted molar refractivity (Wildman–Crippen MR) is 178 cm³/mol. The van der Waals surface area contributed by atoms with Crippen LogP contribution in [0.1, 0.15) is 151 Å². The fraction of sp³-hybridized carbons (Fsp3) is 0.622. The van der Waals surface area contributed by atoms with Gasteiger partial charge in [0.1, 0.15) is 11.5 Å². The van der Waals surface area contributed by atoms with Gasteiger partial charge in [0.2, 0.25) is 0 Å². The SMILES string of the molecule is CCCCCCCCCCCCCCCCCCOc1ccc(C(=O)Oc2ccc(C(=O)OC[C@@H](C)CC)cc2Cl)cc1. The van der Waals surface area contributed by atoms with E-state index in [-0.39, 0.29) is 16.7 Å². The van der Waals surface area contributed by atoms with Crippen molar-refractivity contribution in [2.24, 2.45) is 5.92 Å². The number of rotatable bonds is 24. The van der Waals surface area contributed by atoms with Crippen molar-refractivity contribution in [3.05, 3.63) is 58.6 Å². The molecule has 0 radical (unpaired) electrons. The molecule has 0 aliphatic heterocycles. The highest BCUT2D eigenvalue weighted by molar-refractivity contribution is 6.32. The van der Waals surface area contributed by atoms with E-state index < -0.39 is 11.9 Å². The highest BCUT2D eigenvalue weighted by Gasteiger charge is 2.15. The first-order valence-corrected chi connectivity index (χ1v) is 17.2. The lowest BCUT2D eigenvalue weighted by Gasteiger charge is -2.11. The Bertz CT molecular complexity index is 1040. The molecule has 43 heavy (non-hydrogen) atoms. The van der Waals surface area contributed by atoms with Gasteiger partial charge in [-0.25, -0.2) is 9.59 Å². The Morgan fingerprint density at radius 1 is 0.674 bits per heavy atom. The van der Waals surface area contributed by atoms with Crippen LogP contribution in [0.3, 0.4) is 0 Å². The summed E-state index contributed by atoms with van der Waals surface area (Å²) < 4.78 is 16.6. The van der Waals surface area contributed by atoms with Crippen LogP contribution in [0.25, 0.3) is 0 Å². The molecule has 5 nitrogen and oxygen atoms in total. The quantitative estimate of drug-likeness (QED) is 0.0668. The van der Waals surface area contributed by atoms with Gasteiger partial charge in [0.25, 0.3) is 0 Å². The van der Waals surface area contributed by atoms with Gasteiger partial charge in [-0.1, -0.05) is 135 Å². The number of ether oxygens (including phenoxy) is 3. The van der Waals surface area contributed by atoms with Gasteiger partial charge in [0.15, 0.2) is 0 Å². The Hall–Kier alpha value is -2.53. The summed E-state index contributed by atoms with van der Waals surface area (Å²) in [4.78, 5) is 24.9. The second kappa shape index (κ2) is 22.9.